The van der Waals surface area contributed by atoms with Crippen molar-refractivity contribution in [2.75, 3.05) is 0 Å². The Bertz CT molecular complexity index is 417. The first kappa shape index (κ1) is 18.8. The lowest BCUT2D eigenvalue weighted by Crippen LogP contribution is -2.24. The Balaban J connectivity index is 2.42. The van der Waals surface area contributed by atoms with Crippen LogP contribution in [-0.2, 0) is 5.41 Å². The second-order valence-corrected chi connectivity index (χ2v) is 6.53. The van der Waals surface area contributed by atoms with Crippen molar-refractivity contribution in [3.8, 4) is 6.07 Å². The molecule has 0 heterocycles. The van der Waals surface area contributed by atoms with E-state index in [1.807, 2.05) is 6.07 Å². The lowest BCUT2D eigenvalue weighted by molar-refractivity contribution is 0.428. The van der Waals surface area contributed by atoms with Crippen molar-refractivity contribution < 1.29 is 0 Å². The van der Waals surface area contributed by atoms with Gasteiger partial charge in [0.2, 0.25) is 0 Å². The molecule has 0 N–H and O–H groups in total. The zero-order valence-electron chi connectivity index (χ0n) is 14.6. The highest BCUT2D eigenvalue weighted by atomic mass is 14.4. The average Bonchev–Trinajstić information content (AvgIpc) is 2.57. The summed E-state index contributed by atoms with van der Waals surface area (Å²) in [5, 5.41) is 9.81. The van der Waals surface area contributed by atoms with E-state index in [9.17, 15) is 5.26 Å². The molecule has 1 aromatic rings. The molecule has 0 aliphatic carbocycles. The first-order chi connectivity index (χ1) is 10.8. The van der Waals surface area contributed by atoms with Gasteiger partial charge in [-0.25, -0.2) is 0 Å². The molecule has 1 atom stereocenters. The van der Waals surface area contributed by atoms with Gasteiger partial charge in [0.15, 0.2) is 0 Å². The summed E-state index contributed by atoms with van der Waals surface area (Å²) in [4.78, 5) is 0. The van der Waals surface area contributed by atoms with Crippen LogP contribution in [0.1, 0.15) is 90.0 Å². The number of nitrogens with zero attached hydrogens (tertiary/aromatic N) is 1. The molecule has 0 saturated heterocycles. The third kappa shape index (κ3) is 6.22. The summed E-state index contributed by atoms with van der Waals surface area (Å²) in [6.07, 6.45) is 13.6. The molecule has 0 aromatic heterocycles. The van der Waals surface area contributed by atoms with Gasteiger partial charge in [-0.1, -0.05) is 102 Å². The molecule has 0 aliphatic heterocycles. The third-order valence-electron chi connectivity index (χ3n) is 4.67. The predicted molar refractivity (Wildman–Crippen MR) is 95.9 cm³/mol. The number of hydrogen-bond acceptors (Lipinski definition) is 1. The highest BCUT2D eigenvalue weighted by molar-refractivity contribution is 5.32. The normalized spacial score (nSPS) is 13.5. The standard InChI is InChI=1S/C21H33N/c1-3-5-6-7-8-9-10-14-18-21(19-22,17-4-2)20-15-12-11-13-16-20/h11-13,15-16H,3-10,14,17-18H2,1-2H3. The minimum absolute atomic E-state index is 0.266. The maximum absolute atomic E-state index is 9.81. The Labute approximate surface area is 137 Å². The lowest BCUT2D eigenvalue weighted by atomic mass is 9.74. The monoisotopic (exact) mass is 299 g/mol. The van der Waals surface area contributed by atoms with Crippen LogP contribution >= 0.6 is 0 Å². The lowest BCUT2D eigenvalue weighted by Gasteiger charge is -2.27. The minimum atomic E-state index is -0.266. The van der Waals surface area contributed by atoms with Crippen molar-refractivity contribution in [2.24, 2.45) is 0 Å². The molecule has 1 unspecified atom stereocenters. The van der Waals surface area contributed by atoms with Crippen LogP contribution in [0.3, 0.4) is 0 Å². The molecule has 0 spiro atoms. The molecule has 122 valence electrons. The van der Waals surface area contributed by atoms with Crippen molar-refractivity contribution in [3.63, 3.8) is 0 Å². The summed E-state index contributed by atoms with van der Waals surface area (Å²) in [7, 11) is 0. The molecule has 0 radical (unpaired) electrons. The SMILES string of the molecule is CCCCCCCCCCC(C#N)(CCC)c1ccccc1. The van der Waals surface area contributed by atoms with E-state index in [4.69, 9.17) is 0 Å². The maximum Gasteiger partial charge on any atom is 0.0822 e. The van der Waals surface area contributed by atoms with E-state index in [0.717, 1.165) is 19.3 Å². The zero-order chi connectivity index (χ0) is 16.1. The molecule has 1 heteroatoms. The van der Waals surface area contributed by atoms with Crippen LogP contribution in [-0.4, -0.2) is 0 Å². The van der Waals surface area contributed by atoms with Crippen LogP contribution in [0.4, 0.5) is 0 Å². The van der Waals surface area contributed by atoms with E-state index in [-0.39, 0.29) is 5.41 Å². The Morgan fingerprint density at radius 1 is 0.773 bits per heavy atom. The highest BCUT2D eigenvalue weighted by Crippen LogP contribution is 2.34. The van der Waals surface area contributed by atoms with E-state index in [1.54, 1.807) is 0 Å². The Hall–Kier alpha value is -1.29. The molecular formula is C21H33N. The Kier molecular flexibility index (Phi) is 9.64. The molecule has 0 amide bonds. The number of benzene rings is 1. The number of nitriles is 1. The van der Waals surface area contributed by atoms with Gasteiger partial charge < -0.3 is 0 Å². The third-order valence-corrected chi connectivity index (χ3v) is 4.67. The summed E-state index contributed by atoms with van der Waals surface area (Å²) < 4.78 is 0. The fourth-order valence-electron chi connectivity index (χ4n) is 3.33. The van der Waals surface area contributed by atoms with Gasteiger partial charge in [-0.15, -0.1) is 0 Å². The van der Waals surface area contributed by atoms with Gasteiger partial charge in [-0.3, -0.25) is 0 Å². The van der Waals surface area contributed by atoms with Gasteiger partial charge in [-0.05, 0) is 18.4 Å². The quantitative estimate of drug-likeness (QED) is 0.390. The van der Waals surface area contributed by atoms with E-state index in [1.165, 1.54) is 56.9 Å². The van der Waals surface area contributed by atoms with Gasteiger partial charge in [-0.2, -0.15) is 5.26 Å². The smallest absolute Gasteiger partial charge is 0.0822 e. The van der Waals surface area contributed by atoms with Crippen LogP contribution in [0.15, 0.2) is 30.3 Å². The zero-order valence-corrected chi connectivity index (χ0v) is 14.6. The van der Waals surface area contributed by atoms with Crippen LogP contribution in [0.2, 0.25) is 0 Å². The maximum atomic E-state index is 9.81. The van der Waals surface area contributed by atoms with E-state index in [2.05, 4.69) is 44.2 Å². The van der Waals surface area contributed by atoms with Crippen molar-refractivity contribution >= 4 is 0 Å². The number of rotatable bonds is 12. The van der Waals surface area contributed by atoms with Crippen LogP contribution in [0.5, 0.6) is 0 Å². The minimum Gasteiger partial charge on any atom is -0.197 e. The fourth-order valence-corrected chi connectivity index (χ4v) is 3.33. The molecule has 1 aromatic carbocycles. The van der Waals surface area contributed by atoms with Crippen LogP contribution in [0.25, 0.3) is 0 Å². The van der Waals surface area contributed by atoms with Gasteiger partial charge in [0.05, 0.1) is 11.5 Å². The molecular weight excluding hydrogens is 266 g/mol. The second kappa shape index (κ2) is 11.3. The Morgan fingerprint density at radius 3 is 1.91 bits per heavy atom. The highest BCUT2D eigenvalue weighted by Gasteiger charge is 2.30. The molecule has 1 rings (SSSR count). The molecule has 1 nitrogen and oxygen atoms in total. The van der Waals surface area contributed by atoms with Crippen LogP contribution < -0.4 is 0 Å². The first-order valence-corrected chi connectivity index (χ1v) is 9.26. The fraction of sp³-hybridized carbons (Fsp3) is 0.667. The van der Waals surface area contributed by atoms with E-state index < -0.39 is 0 Å². The number of unbranched alkanes of at least 4 members (excludes halogenated alkanes) is 7. The average molecular weight is 300 g/mol. The summed E-state index contributed by atoms with van der Waals surface area (Å²) in [5.74, 6) is 0. The van der Waals surface area contributed by atoms with Gasteiger partial charge >= 0.3 is 0 Å². The van der Waals surface area contributed by atoms with Gasteiger partial charge in [0.1, 0.15) is 0 Å². The molecule has 0 saturated carbocycles. The van der Waals surface area contributed by atoms with Crippen molar-refractivity contribution in [1.82, 2.24) is 0 Å². The van der Waals surface area contributed by atoms with Crippen molar-refractivity contribution in [3.05, 3.63) is 35.9 Å². The van der Waals surface area contributed by atoms with Gasteiger partial charge in [0, 0.05) is 0 Å². The van der Waals surface area contributed by atoms with Crippen molar-refractivity contribution in [2.45, 2.75) is 89.9 Å². The summed E-state index contributed by atoms with van der Waals surface area (Å²) in [6.45, 7) is 4.45. The predicted octanol–water partition coefficient (Wildman–Crippen LogP) is 6.78. The van der Waals surface area contributed by atoms with Crippen molar-refractivity contribution in [1.29, 1.82) is 5.26 Å². The number of hydrogen-bond donors (Lipinski definition) is 0. The summed E-state index contributed by atoms with van der Waals surface area (Å²) >= 11 is 0. The second-order valence-electron chi connectivity index (χ2n) is 6.53. The Morgan fingerprint density at radius 2 is 1.36 bits per heavy atom. The van der Waals surface area contributed by atoms with E-state index in [0.29, 0.717) is 0 Å². The van der Waals surface area contributed by atoms with Crippen LogP contribution in [0, 0.1) is 11.3 Å². The molecule has 0 aliphatic rings. The van der Waals surface area contributed by atoms with E-state index >= 15 is 0 Å². The molecule has 22 heavy (non-hydrogen) atoms. The first-order valence-electron chi connectivity index (χ1n) is 9.26. The van der Waals surface area contributed by atoms with Gasteiger partial charge in [0.25, 0.3) is 0 Å². The molecule has 0 bridgehead atoms. The topological polar surface area (TPSA) is 23.8 Å². The summed E-state index contributed by atoms with van der Waals surface area (Å²) in [6, 6.07) is 13.1. The largest absolute Gasteiger partial charge is 0.197 e. The molecule has 0 fully saturated rings. The summed E-state index contributed by atoms with van der Waals surface area (Å²) in [5.41, 5.74) is 0.945.